The van der Waals surface area contributed by atoms with Crippen LogP contribution in [0.25, 0.3) is 0 Å². The summed E-state index contributed by atoms with van der Waals surface area (Å²) in [6.45, 7) is 2.04. The van der Waals surface area contributed by atoms with Crippen LogP contribution in [0.4, 0.5) is 0 Å². The van der Waals surface area contributed by atoms with Crippen molar-refractivity contribution in [2.24, 2.45) is 11.8 Å². The molecule has 1 fully saturated rings. The lowest BCUT2D eigenvalue weighted by molar-refractivity contribution is -0.131. The zero-order valence-corrected chi connectivity index (χ0v) is 13.8. The summed E-state index contributed by atoms with van der Waals surface area (Å²) in [5.41, 5.74) is 1.00. The van der Waals surface area contributed by atoms with Gasteiger partial charge in [0.05, 0.1) is 6.04 Å². The van der Waals surface area contributed by atoms with Crippen LogP contribution in [0, 0.1) is 11.8 Å². The van der Waals surface area contributed by atoms with Gasteiger partial charge in [-0.3, -0.25) is 9.59 Å². The maximum atomic E-state index is 12.3. The van der Waals surface area contributed by atoms with Crippen molar-refractivity contribution >= 4 is 23.3 Å². The predicted molar refractivity (Wildman–Crippen MR) is 88.1 cm³/mol. The standard InChI is InChI=1S/C18H20ClNO3/c1-11(21)13-2-3-14(10-13)17(12-4-6-15(19)7-5-12)20-9-8-16(22)18(20)23/h4-8,13-14,17,22H,2-3,9-10H2,1H3. The normalized spacial score (nSPS) is 25.6. The van der Waals surface area contributed by atoms with Crippen molar-refractivity contribution < 1.29 is 14.7 Å². The van der Waals surface area contributed by atoms with Gasteiger partial charge in [-0.2, -0.15) is 0 Å². The molecule has 0 bridgehead atoms. The number of halogens is 1. The summed E-state index contributed by atoms with van der Waals surface area (Å²) in [4.78, 5) is 25.7. The molecule has 1 saturated carbocycles. The average Bonchev–Trinajstić information content (AvgIpc) is 3.12. The first-order valence-corrected chi connectivity index (χ1v) is 8.31. The van der Waals surface area contributed by atoms with E-state index in [1.807, 2.05) is 24.3 Å². The predicted octanol–water partition coefficient (Wildman–Crippen LogP) is 3.67. The zero-order valence-electron chi connectivity index (χ0n) is 13.0. The molecule has 0 radical (unpaired) electrons. The second kappa shape index (κ2) is 6.36. The smallest absolute Gasteiger partial charge is 0.289 e. The fraction of sp³-hybridized carbons (Fsp3) is 0.444. The van der Waals surface area contributed by atoms with Crippen LogP contribution in [0.3, 0.4) is 0 Å². The molecular formula is C18H20ClNO3. The summed E-state index contributed by atoms with van der Waals surface area (Å²) in [6.07, 6.45) is 4.10. The van der Waals surface area contributed by atoms with Crippen molar-refractivity contribution in [3.8, 4) is 0 Å². The van der Waals surface area contributed by atoms with E-state index in [0.717, 1.165) is 24.8 Å². The van der Waals surface area contributed by atoms with E-state index in [4.69, 9.17) is 11.6 Å². The summed E-state index contributed by atoms with van der Waals surface area (Å²) in [5, 5.41) is 10.3. The molecule has 23 heavy (non-hydrogen) atoms. The number of ketones is 1. The monoisotopic (exact) mass is 333 g/mol. The third kappa shape index (κ3) is 3.13. The molecule has 1 N–H and O–H groups in total. The first kappa shape index (κ1) is 16.1. The lowest BCUT2D eigenvalue weighted by Crippen LogP contribution is -2.35. The Morgan fingerprint density at radius 3 is 2.52 bits per heavy atom. The molecule has 5 heteroatoms. The largest absolute Gasteiger partial charge is 0.503 e. The lowest BCUT2D eigenvalue weighted by Gasteiger charge is -2.33. The highest BCUT2D eigenvalue weighted by Crippen LogP contribution is 2.43. The number of aliphatic hydroxyl groups excluding tert-OH is 1. The first-order chi connectivity index (χ1) is 11.0. The molecule has 4 nitrogen and oxygen atoms in total. The Morgan fingerprint density at radius 2 is 2.00 bits per heavy atom. The molecule has 3 unspecified atom stereocenters. The van der Waals surface area contributed by atoms with Gasteiger partial charge in [0.2, 0.25) is 0 Å². The third-order valence-electron chi connectivity index (χ3n) is 5.00. The molecule has 1 aromatic rings. The van der Waals surface area contributed by atoms with E-state index in [9.17, 15) is 14.7 Å². The number of benzene rings is 1. The minimum Gasteiger partial charge on any atom is -0.503 e. The number of Topliss-reactive ketones (excluding diaryl/α,β-unsaturated/α-hetero) is 1. The Kier molecular flexibility index (Phi) is 4.44. The van der Waals surface area contributed by atoms with E-state index in [0.29, 0.717) is 11.6 Å². The maximum absolute atomic E-state index is 12.3. The molecular weight excluding hydrogens is 314 g/mol. The van der Waals surface area contributed by atoms with Crippen LogP contribution in [-0.4, -0.2) is 28.2 Å². The fourth-order valence-electron chi connectivity index (χ4n) is 3.78. The van der Waals surface area contributed by atoms with E-state index in [-0.39, 0.29) is 35.3 Å². The summed E-state index contributed by atoms with van der Waals surface area (Å²) in [5.74, 6) is -0.0141. The Labute approximate surface area is 140 Å². The van der Waals surface area contributed by atoms with Gasteiger partial charge < -0.3 is 10.0 Å². The van der Waals surface area contributed by atoms with Crippen LogP contribution in [0.1, 0.15) is 37.8 Å². The van der Waals surface area contributed by atoms with Gasteiger partial charge in [0.1, 0.15) is 5.78 Å². The molecule has 2 aliphatic rings. The van der Waals surface area contributed by atoms with Gasteiger partial charge in [-0.25, -0.2) is 0 Å². The van der Waals surface area contributed by atoms with Gasteiger partial charge in [0, 0.05) is 17.5 Å². The Balaban J connectivity index is 1.90. The molecule has 122 valence electrons. The molecule has 0 spiro atoms. The van der Waals surface area contributed by atoms with Gasteiger partial charge in [-0.05, 0) is 55.9 Å². The number of carbonyl (C=O) groups is 2. The Hall–Kier alpha value is -1.81. The molecule has 1 amide bonds. The fourth-order valence-corrected chi connectivity index (χ4v) is 3.91. The molecule has 0 saturated heterocycles. The van der Waals surface area contributed by atoms with E-state index >= 15 is 0 Å². The molecule has 0 aromatic heterocycles. The van der Waals surface area contributed by atoms with Crippen molar-refractivity contribution in [2.45, 2.75) is 32.2 Å². The first-order valence-electron chi connectivity index (χ1n) is 7.93. The highest BCUT2D eigenvalue weighted by atomic mass is 35.5. The molecule has 1 aromatic carbocycles. The summed E-state index contributed by atoms with van der Waals surface area (Å²) in [6, 6.07) is 7.35. The number of hydrogen-bond acceptors (Lipinski definition) is 3. The zero-order chi connectivity index (χ0) is 16.6. The van der Waals surface area contributed by atoms with Gasteiger partial charge in [-0.1, -0.05) is 23.7 Å². The quantitative estimate of drug-likeness (QED) is 0.914. The van der Waals surface area contributed by atoms with E-state index in [2.05, 4.69) is 0 Å². The topological polar surface area (TPSA) is 57.6 Å². The summed E-state index contributed by atoms with van der Waals surface area (Å²) >= 11 is 5.98. The SMILES string of the molecule is CC(=O)C1CCC(C(c2ccc(Cl)cc2)N2CC=C(O)C2=O)C1. The number of amides is 1. The molecule has 1 aliphatic carbocycles. The van der Waals surface area contributed by atoms with Crippen molar-refractivity contribution in [3.63, 3.8) is 0 Å². The van der Waals surface area contributed by atoms with Crippen molar-refractivity contribution in [2.75, 3.05) is 6.54 Å². The lowest BCUT2D eigenvalue weighted by atomic mass is 9.89. The van der Waals surface area contributed by atoms with Crippen molar-refractivity contribution in [1.82, 2.24) is 4.90 Å². The van der Waals surface area contributed by atoms with E-state index < -0.39 is 0 Å². The van der Waals surface area contributed by atoms with Crippen LogP contribution < -0.4 is 0 Å². The van der Waals surface area contributed by atoms with Crippen LogP contribution >= 0.6 is 11.6 Å². The highest BCUT2D eigenvalue weighted by Gasteiger charge is 2.40. The molecule has 3 rings (SSSR count). The van der Waals surface area contributed by atoms with Crippen LogP contribution in [0.2, 0.25) is 5.02 Å². The number of carbonyl (C=O) groups excluding carboxylic acids is 2. The van der Waals surface area contributed by atoms with Gasteiger partial charge in [0.15, 0.2) is 5.76 Å². The van der Waals surface area contributed by atoms with Crippen molar-refractivity contribution in [3.05, 3.63) is 46.7 Å². The van der Waals surface area contributed by atoms with Gasteiger partial charge in [0.25, 0.3) is 5.91 Å². The van der Waals surface area contributed by atoms with Gasteiger partial charge >= 0.3 is 0 Å². The number of hydrogen-bond donors (Lipinski definition) is 1. The number of aliphatic hydroxyl groups is 1. The number of rotatable bonds is 4. The minimum absolute atomic E-state index is 0.0778. The Bertz CT molecular complexity index is 653. The Morgan fingerprint density at radius 1 is 1.30 bits per heavy atom. The highest BCUT2D eigenvalue weighted by molar-refractivity contribution is 6.30. The molecule has 1 aliphatic heterocycles. The van der Waals surface area contributed by atoms with E-state index in [1.165, 1.54) is 0 Å². The van der Waals surface area contributed by atoms with E-state index in [1.54, 1.807) is 17.9 Å². The molecule has 3 atom stereocenters. The second-order valence-corrected chi connectivity index (χ2v) is 6.86. The maximum Gasteiger partial charge on any atom is 0.289 e. The van der Waals surface area contributed by atoms with Crippen LogP contribution in [0.5, 0.6) is 0 Å². The van der Waals surface area contributed by atoms with Crippen LogP contribution in [-0.2, 0) is 9.59 Å². The molecule has 1 heterocycles. The number of nitrogens with zero attached hydrogens (tertiary/aromatic N) is 1. The van der Waals surface area contributed by atoms with Crippen molar-refractivity contribution in [1.29, 1.82) is 0 Å². The van der Waals surface area contributed by atoms with Gasteiger partial charge in [-0.15, -0.1) is 0 Å². The summed E-state index contributed by atoms with van der Waals surface area (Å²) in [7, 11) is 0. The summed E-state index contributed by atoms with van der Waals surface area (Å²) < 4.78 is 0. The minimum atomic E-state index is -0.337. The van der Waals surface area contributed by atoms with Crippen LogP contribution in [0.15, 0.2) is 36.1 Å². The average molecular weight is 334 g/mol. The second-order valence-electron chi connectivity index (χ2n) is 6.42. The third-order valence-corrected chi connectivity index (χ3v) is 5.26.